The number of rotatable bonds is 7. The minimum absolute atomic E-state index is 0.0889. The number of carbonyl (C=O) groups excluding carboxylic acids is 2. The first-order valence-electron chi connectivity index (χ1n) is 12.6. The first-order valence-corrected chi connectivity index (χ1v) is 13.3. The number of nitrogens with zero attached hydrogens (tertiary/aromatic N) is 4. The fourth-order valence-corrected chi connectivity index (χ4v) is 5.49. The molecular formula is C26H33Cl2N7O2. The highest BCUT2D eigenvalue weighted by Crippen LogP contribution is 2.34. The molecule has 1 aliphatic carbocycles. The molecule has 2 heterocycles. The SMILES string of the molecule is Cn1nc(-c2cccc(Cl)c2Cl)cc1C1=CCN(C(=O)CNC(=O)[C@H](N=C(N)N)C2CCCCC2)CC1. The van der Waals surface area contributed by atoms with E-state index >= 15 is 0 Å². The van der Waals surface area contributed by atoms with Crippen LogP contribution in [-0.4, -0.2) is 58.1 Å². The van der Waals surface area contributed by atoms with Crippen LogP contribution in [0.2, 0.25) is 10.0 Å². The van der Waals surface area contributed by atoms with Crippen LogP contribution in [0.4, 0.5) is 0 Å². The summed E-state index contributed by atoms with van der Waals surface area (Å²) in [6, 6.07) is 6.80. The van der Waals surface area contributed by atoms with Crippen molar-refractivity contribution < 1.29 is 9.59 Å². The Hall–Kier alpha value is -3.04. The van der Waals surface area contributed by atoms with E-state index < -0.39 is 6.04 Å². The van der Waals surface area contributed by atoms with Crippen molar-refractivity contribution in [3.05, 3.63) is 46.1 Å². The van der Waals surface area contributed by atoms with Crippen molar-refractivity contribution in [1.29, 1.82) is 0 Å². The molecular weight excluding hydrogens is 513 g/mol. The van der Waals surface area contributed by atoms with Gasteiger partial charge in [0, 0.05) is 25.7 Å². The molecule has 1 saturated carbocycles. The Morgan fingerprint density at radius 3 is 2.65 bits per heavy atom. The molecule has 0 bridgehead atoms. The predicted octanol–water partition coefficient (Wildman–Crippen LogP) is 3.35. The van der Waals surface area contributed by atoms with Crippen LogP contribution in [0.3, 0.4) is 0 Å². The number of guanidine groups is 1. The summed E-state index contributed by atoms with van der Waals surface area (Å²) in [4.78, 5) is 31.6. The second-order valence-corrected chi connectivity index (χ2v) is 10.4. The number of aryl methyl sites for hydroxylation is 1. The Morgan fingerprint density at radius 2 is 1.97 bits per heavy atom. The Balaban J connectivity index is 1.37. The Kier molecular flexibility index (Phi) is 8.76. The van der Waals surface area contributed by atoms with Crippen LogP contribution in [-0.2, 0) is 16.6 Å². The number of amides is 2. The van der Waals surface area contributed by atoms with E-state index in [4.69, 9.17) is 34.7 Å². The van der Waals surface area contributed by atoms with E-state index in [0.29, 0.717) is 29.6 Å². The Labute approximate surface area is 226 Å². The molecule has 0 spiro atoms. The van der Waals surface area contributed by atoms with E-state index in [1.54, 1.807) is 11.0 Å². The Morgan fingerprint density at radius 1 is 1.22 bits per heavy atom. The topological polar surface area (TPSA) is 132 Å². The number of aliphatic imine (C=N–C) groups is 1. The molecule has 5 N–H and O–H groups in total. The molecule has 37 heavy (non-hydrogen) atoms. The van der Waals surface area contributed by atoms with Crippen molar-refractivity contribution in [2.24, 2.45) is 29.4 Å². The van der Waals surface area contributed by atoms with E-state index in [-0.39, 0.29) is 30.2 Å². The fourth-order valence-electron chi connectivity index (χ4n) is 5.10. The molecule has 1 aromatic heterocycles. The highest BCUT2D eigenvalue weighted by atomic mass is 35.5. The van der Waals surface area contributed by atoms with Crippen LogP contribution in [0.15, 0.2) is 35.3 Å². The van der Waals surface area contributed by atoms with Gasteiger partial charge in [0.1, 0.15) is 6.04 Å². The normalized spacial score (nSPS) is 17.2. The number of nitrogens with two attached hydrogens (primary N) is 2. The second kappa shape index (κ2) is 12.0. The highest BCUT2D eigenvalue weighted by Gasteiger charge is 2.30. The maximum Gasteiger partial charge on any atom is 0.245 e. The molecule has 11 heteroatoms. The molecule has 4 rings (SSSR count). The quantitative estimate of drug-likeness (QED) is 0.362. The third kappa shape index (κ3) is 6.45. The molecule has 1 atom stereocenters. The van der Waals surface area contributed by atoms with E-state index in [9.17, 15) is 9.59 Å². The van der Waals surface area contributed by atoms with Crippen LogP contribution in [0.5, 0.6) is 0 Å². The highest BCUT2D eigenvalue weighted by molar-refractivity contribution is 6.43. The summed E-state index contributed by atoms with van der Waals surface area (Å²) in [7, 11) is 1.88. The number of aromatic nitrogens is 2. The number of carbonyl (C=O) groups is 2. The Bertz CT molecular complexity index is 1210. The maximum absolute atomic E-state index is 12.9. The molecule has 2 aliphatic rings. The van der Waals surface area contributed by atoms with Gasteiger partial charge in [-0.15, -0.1) is 0 Å². The van der Waals surface area contributed by atoms with E-state index in [2.05, 4.69) is 15.4 Å². The summed E-state index contributed by atoms with van der Waals surface area (Å²) >= 11 is 12.5. The van der Waals surface area contributed by atoms with Crippen LogP contribution in [0, 0.1) is 5.92 Å². The third-order valence-corrected chi connectivity index (χ3v) is 7.88. The lowest BCUT2D eigenvalue weighted by Crippen LogP contribution is -2.46. The fraction of sp³-hybridized carbons (Fsp3) is 0.462. The van der Waals surface area contributed by atoms with Gasteiger partial charge in [0.15, 0.2) is 5.96 Å². The van der Waals surface area contributed by atoms with Gasteiger partial charge >= 0.3 is 0 Å². The minimum Gasteiger partial charge on any atom is -0.370 e. The van der Waals surface area contributed by atoms with Gasteiger partial charge in [-0.25, -0.2) is 4.99 Å². The average molecular weight is 547 g/mol. The van der Waals surface area contributed by atoms with Gasteiger partial charge < -0.3 is 21.7 Å². The molecule has 2 amide bonds. The molecule has 0 unspecified atom stereocenters. The van der Waals surface area contributed by atoms with Crippen LogP contribution < -0.4 is 16.8 Å². The predicted molar refractivity (Wildman–Crippen MR) is 147 cm³/mol. The molecule has 1 aliphatic heterocycles. The van der Waals surface area contributed by atoms with Gasteiger partial charge in [0.05, 0.1) is 28.0 Å². The number of nitrogens with one attached hydrogen (secondary N) is 1. The lowest BCUT2D eigenvalue weighted by molar-refractivity contribution is -0.133. The monoisotopic (exact) mass is 545 g/mol. The molecule has 0 saturated heterocycles. The summed E-state index contributed by atoms with van der Waals surface area (Å²) in [5, 5.41) is 8.32. The van der Waals surface area contributed by atoms with Crippen molar-refractivity contribution in [2.45, 2.75) is 44.6 Å². The van der Waals surface area contributed by atoms with E-state index in [1.807, 2.05) is 36.0 Å². The minimum atomic E-state index is -0.655. The van der Waals surface area contributed by atoms with Crippen molar-refractivity contribution in [3.8, 4) is 11.3 Å². The van der Waals surface area contributed by atoms with Crippen molar-refractivity contribution in [3.63, 3.8) is 0 Å². The van der Waals surface area contributed by atoms with Gasteiger partial charge in [-0.1, -0.05) is 60.7 Å². The second-order valence-electron chi connectivity index (χ2n) is 9.57. The van der Waals surface area contributed by atoms with Gasteiger partial charge in [-0.3, -0.25) is 14.3 Å². The largest absolute Gasteiger partial charge is 0.370 e. The van der Waals surface area contributed by atoms with Crippen molar-refractivity contribution >= 4 is 46.5 Å². The standard InChI is InChI=1S/C26H33Cl2N7O2/c1-34-21(14-20(33-34)18-8-5-9-19(27)23(18)28)16-10-12-35(13-11-16)22(36)15-31-25(37)24(32-26(29)30)17-6-3-2-4-7-17/h5,8-10,14,17,24H,2-4,6-7,11-13,15H2,1H3,(H,31,37)(H4,29,30,32)/t24-/m1/s1. The summed E-state index contributed by atoms with van der Waals surface area (Å²) in [5.41, 5.74) is 14.7. The van der Waals surface area contributed by atoms with Crippen molar-refractivity contribution in [2.75, 3.05) is 19.6 Å². The zero-order valence-electron chi connectivity index (χ0n) is 20.9. The smallest absolute Gasteiger partial charge is 0.245 e. The summed E-state index contributed by atoms with van der Waals surface area (Å²) in [5.74, 6) is -0.463. The molecule has 198 valence electrons. The zero-order valence-corrected chi connectivity index (χ0v) is 22.4. The molecule has 1 aromatic carbocycles. The van der Waals surface area contributed by atoms with E-state index in [0.717, 1.165) is 54.6 Å². The third-order valence-electron chi connectivity index (χ3n) is 7.07. The molecule has 2 aromatic rings. The lowest BCUT2D eigenvalue weighted by atomic mass is 9.83. The molecule has 0 radical (unpaired) electrons. The summed E-state index contributed by atoms with van der Waals surface area (Å²) in [6.45, 7) is 0.899. The van der Waals surface area contributed by atoms with Crippen molar-refractivity contribution in [1.82, 2.24) is 20.0 Å². The molecule has 9 nitrogen and oxygen atoms in total. The van der Waals surface area contributed by atoms with E-state index in [1.165, 1.54) is 0 Å². The lowest BCUT2D eigenvalue weighted by Gasteiger charge is -2.28. The number of hydrogen-bond donors (Lipinski definition) is 3. The number of hydrogen-bond acceptors (Lipinski definition) is 4. The zero-order chi connectivity index (χ0) is 26.5. The molecule has 1 fully saturated rings. The van der Waals surface area contributed by atoms with Gasteiger partial charge in [0.25, 0.3) is 0 Å². The van der Waals surface area contributed by atoms with Gasteiger partial charge in [0.2, 0.25) is 11.8 Å². The van der Waals surface area contributed by atoms with Crippen LogP contribution in [0.25, 0.3) is 16.8 Å². The number of halogens is 2. The summed E-state index contributed by atoms with van der Waals surface area (Å²) < 4.78 is 1.81. The maximum atomic E-state index is 12.9. The average Bonchev–Trinajstić information content (AvgIpc) is 3.29. The summed E-state index contributed by atoms with van der Waals surface area (Å²) in [6.07, 6.45) is 7.77. The van der Waals surface area contributed by atoms with Crippen LogP contribution >= 0.6 is 23.2 Å². The van der Waals surface area contributed by atoms with Crippen LogP contribution in [0.1, 0.15) is 44.2 Å². The number of benzene rings is 1. The first kappa shape index (κ1) is 27.0. The first-order chi connectivity index (χ1) is 17.7. The van der Waals surface area contributed by atoms with Gasteiger partial charge in [-0.2, -0.15) is 5.10 Å². The van der Waals surface area contributed by atoms with Gasteiger partial charge in [-0.05, 0) is 42.9 Å².